The van der Waals surface area contributed by atoms with Crippen LogP contribution in [0.15, 0.2) is 18.3 Å². The highest BCUT2D eigenvalue weighted by atomic mass is 15.2. The minimum Gasteiger partial charge on any atom is -0.354 e. The van der Waals surface area contributed by atoms with E-state index in [1.165, 1.54) is 11.4 Å². The van der Waals surface area contributed by atoms with Crippen molar-refractivity contribution < 1.29 is 0 Å². The lowest BCUT2D eigenvalue weighted by atomic mass is 10.2. The molecule has 12 heavy (non-hydrogen) atoms. The van der Waals surface area contributed by atoms with Crippen LogP contribution in [-0.2, 0) is 6.42 Å². The van der Waals surface area contributed by atoms with E-state index in [1.54, 1.807) is 0 Å². The van der Waals surface area contributed by atoms with Gasteiger partial charge in [0.1, 0.15) is 5.82 Å². The summed E-state index contributed by atoms with van der Waals surface area (Å²) < 4.78 is 0. The summed E-state index contributed by atoms with van der Waals surface area (Å²) in [5.41, 5.74) is 1.39. The molecule has 2 rings (SSSR count). The summed E-state index contributed by atoms with van der Waals surface area (Å²) in [6.45, 7) is 5.55. The highest BCUT2D eigenvalue weighted by molar-refractivity contribution is 5.52. The van der Waals surface area contributed by atoms with E-state index in [0.29, 0.717) is 6.04 Å². The molecule has 0 unspecified atom stereocenters. The van der Waals surface area contributed by atoms with Crippen LogP contribution in [0.4, 0.5) is 5.82 Å². The van der Waals surface area contributed by atoms with E-state index in [1.807, 2.05) is 12.3 Å². The molecule has 0 bridgehead atoms. The number of aromatic nitrogens is 1. The first-order valence-corrected chi connectivity index (χ1v) is 4.49. The molecule has 1 aliphatic rings. The zero-order valence-electron chi connectivity index (χ0n) is 7.62. The summed E-state index contributed by atoms with van der Waals surface area (Å²) in [5.74, 6) is 1.19. The quantitative estimate of drug-likeness (QED) is 0.626. The first-order chi connectivity index (χ1) is 5.79. The van der Waals surface area contributed by atoms with Crippen molar-refractivity contribution in [3.63, 3.8) is 0 Å². The maximum Gasteiger partial charge on any atom is 0.132 e. The lowest BCUT2D eigenvalue weighted by Crippen LogP contribution is -2.28. The second kappa shape index (κ2) is 2.77. The summed E-state index contributed by atoms with van der Waals surface area (Å²) in [6.07, 6.45) is 3.03. The maximum absolute atomic E-state index is 4.39. The molecule has 0 aromatic carbocycles. The Balaban J connectivity index is 2.36. The molecule has 1 aromatic rings. The number of rotatable bonds is 1. The first kappa shape index (κ1) is 7.59. The van der Waals surface area contributed by atoms with E-state index in [4.69, 9.17) is 0 Å². The molecule has 0 amide bonds. The summed E-state index contributed by atoms with van der Waals surface area (Å²) in [4.78, 5) is 6.74. The van der Waals surface area contributed by atoms with Gasteiger partial charge in [-0.2, -0.15) is 0 Å². The summed E-state index contributed by atoms with van der Waals surface area (Å²) >= 11 is 0. The van der Waals surface area contributed by atoms with Gasteiger partial charge in [-0.3, -0.25) is 0 Å². The molecule has 2 heteroatoms. The van der Waals surface area contributed by atoms with Crippen LogP contribution in [0.25, 0.3) is 0 Å². The normalized spacial score (nSPS) is 15.4. The molecule has 2 heterocycles. The van der Waals surface area contributed by atoms with E-state index in [-0.39, 0.29) is 0 Å². The number of pyridine rings is 1. The fraction of sp³-hybridized carbons (Fsp3) is 0.500. The van der Waals surface area contributed by atoms with Crippen LogP contribution in [-0.4, -0.2) is 17.6 Å². The summed E-state index contributed by atoms with van der Waals surface area (Å²) in [5, 5.41) is 0. The number of hydrogen-bond donors (Lipinski definition) is 0. The summed E-state index contributed by atoms with van der Waals surface area (Å²) in [7, 11) is 0. The van der Waals surface area contributed by atoms with Gasteiger partial charge in [0.2, 0.25) is 0 Å². The Bertz CT molecular complexity index is 281. The molecule has 1 aromatic heterocycles. The molecule has 0 atom stereocenters. The first-order valence-electron chi connectivity index (χ1n) is 4.49. The fourth-order valence-electron chi connectivity index (χ4n) is 1.73. The third-order valence-corrected chi connectivity index (χ3v) is 2.38. The number of hydrogen-bond acceptors (Lipinski definition) is 2. The van der Waals surface area contributed by atoms with E-state index >= 15 is 0 Å². The van der Waals surface area contributed by atoms with Gasteiger partial charge >= 0.3 is 0 Å². The van der Waals surface area contributed by atoms with Crippen molar-refractivity contribution in [3.05, 3.63) is 23.9 Å². The Hall–Kier alpha value is -1.05. The van der Waals surface area contributed by atoms with Crippen molar-refractivity contribution >= 4 is 5.82 Å². The van der Waals surface area contributed by atoms with Crippen molar-refractivity contribution in [1.29, 1.82) is 0 Å². The van der Waals surface area contributed by atoms with Crippen molar-refractivity contribution in [2.24, 2.45) is 0 Å². The minimum atomic E-state index is 0.571. The van der Waals surface area contributed by atoms with Crippen LogP contribution in [0, 0.1) is 0 Å². The SMILES string of the molecule is CC(C)N1CCc2cccnc21. The average Bonchev–Trinajstić information content (AvgIpc) is 2.47. The zero-order valence-corrected chi connectivity index (χ0v) is 7.62. The zero-order chi connectivity index (χ0) is 8.55. The molecule has 0 spiro atoms. The monoisotopic (exact) mass is 162 g/mol. The number of anilines is 1. The van der Waals surface area contributed by atoms with Crippen LogP contribution < -0.4 is 4.90 Å². The average molecular weight is 162 g/mol. The molecule has 0 fully saturated rings. The molecule has 0 saturated carbocycles. The molecular formula is C10H14N2. The van der Waals surface area contributed by atoms with Crippen molar-refractivity contribution in [3.8, 4) is 0 Å². The molecule has 2 nitrogen and oxygen atoms in total. The Morgan fingerprint density at radius 3 is 3.08 bits per heavy atom. The molecule has 1 aliphatic heterocycles. The van der Waals surface area contributed by atoms with Gasteiger partial charge in [-0.05, 0) is 31.9 Å². The second-order valence-corrected chi connectivity index (χ2v) is 3.52. The Morgan fingerprint density at radius 2 is 2.33 bits per heavy atom. The van der Waals surface area contributed by atoms with Gasteiger partial charge in [-0.1, -0.05) is 6.07 Å². The standard InChI is InChI=1S/C10H14N2/c1-8(2)12-7-5-9-4-3-6-11-10(9)12/h3-4,6,8H,5,7H2,1-2H3. The number of fused-ring (bicyclic) bond motifs is 1. The molecule has 0 saturated heterocycles. The smallest absolute Gasteiger partial charge is 0.132 e. The Morgan fingerprint density at radius 1 is 1.50 bits per heavy atom. The van der Waals surface area contributed by atoms with Gasteiger partial charge in [0.25, 0.3) is 0 Å². The van der Waals surface area contributed by atoms with Gasteiger partial charge in [-0.25, -0.2) is 4.98 Å². The molecule has 0 aliphatic carbocycles. The molecule has 0 N–H and O–H groups in total. The van der Waals surface area contributed by atoms with Crippen LogP contribution in [0.3, 0.4) is 0 Å². The minimum absolute atomic E-state index is 0.571. The third kappa shape index (κ3) is 1.07. The fourth-order valence-corrected chi connectivity index (χ4v) is 1.73. The van der Waals surface area contributed by atoms with Crippen molar-refractivity contribution in [1.82, 2.24) is 4.98 Å². The lowest BCUT2D eigenvalue weighted by molar-refractivity contribution is 0.703. The van der Waals surface area contributed by atoms with Gasteiger partial charge in [0, 0.05) is 18.8 Å². The van der Waals surface area contributed by atoms with Gasteiger partial charge in [0.15, 0.2) is 0 Å². The van der Waals surface area contributed by atoms with Crippen molar-refractivity contribution in [2.45, 2.75) is 26.3 Å². The molecule has 0 radical (unpaired) electrons. The number of nitrogens with zero attached hydrogens (tertiary/aromatic N) is 2. The maximum atomic E-state index is 4.39. The van der Waals surface area contributed by atoms with Gasteiger partial charge in [-0.15, -0.1) is 0 Å². The van der Waals surface area contributed by atoms with Crippen LogP contribution in [0.5, 0.6) is 0 Å². The van der Waals surface area contributed by atoms with Crippen molar-refractivity contribution in [2.75, 3.05) is 11.4 Å². The van der Waals surface area contributed by atoms with Crippen LogP contribution >= 0.6 is 0 Å². The molecule has 64 valence electrons. The Kier molecular flexibility index (Phi) is 1.75. The largest absolute Gasteiger partial charge is 0.354 e. The summed E-state index contributed by atoms with van der Waals surface area (Å²) in [6, 6.07) is 4.76. The topological polar surface area (TPSA) is 16.1 Å². The predicted octanol–water partition coefficient (Wildman–Crippen LogP) is 1.85. The van der Waals surface area contributed by atoms with E-state index in [9.17, 15) is 0 Å². The van der Waals surface area contributed by atoms with Gasteiger partial charge < -0.3 is 4.90 Å². The van der Waals surface area contributed by atoms with Crippen LogP contribution in [0.1, 0.15) is 19.4 Å². The second-order valence-electron chi connectivity index (χ2n) is 3.52. The third-order valence-electron chi connectivity index (χ3n) is 2.38. The van der Waals surface area contributed by atoms with E-state index < -0.39 is 0 Å². The lowest BCUT2D eigenvalue weighted by Gasteiger charge is -2.22. The van der Waals surface area contributed by atoms with E-state index in [2.05, 4.69) is 29.8 Å². The Labute approximate surface area is 73.2 Å². The highest BCUT2D eigenvalue weighted by Gasteiger charge is 2.21. The van der Waals surface area contributed by atoms with Gasteiger partial charge in [0.05, 0.1) is 0 Å². The van der Waals surface area contributed by atoms with E-state index in [0.717, 1.165) is 13.0 Å². The highest BCUT2D eigenvalue weighted by Crippen LogP contribution is 2.26. The predicted molar refractivity (Wildman–Crippen MR) is 50.4 cm³/mol. The molecular weight excluding hydrogens is 148 g/mol. The van der Waals surface area contributed by atoms with Crippen LogP contribution in [0.2, 0.25) is 0 Å².